The molecule has 4 aliphatic rings. The van der Waals surface area contributed by atoms with Gasteiger partial charge in [0.05, 0.1) is 5.54 Å². The van der Waals surface area contributed by atoms with Gasteiger partial charge in [0.15, 0.2) is 5.82 Å². The first kappa shape index (κ1) is 24.5. The summed E-state index contributed by atoms with van der Waals surface area (Å²) in [5.41, 5.74) is 4.51. The molecule has 2 atom stereocenters. The van der Waals surface area contributed by atoms with Crippen molar-refractivity contribution in [3.05, 3.63) is 59.9 Å². The predicted octanol–water partition coefficient (Wildman–Crippen LogP) is 4.82. The molecular weight excluding hydrogens is 493 g/mol. The van der Waals surface area contributed by atoms with Crippen LogP contribution in [0.1, 0.15) is 49.1 Å². The SMILES string of the molecule is C=CC(=O)NCCNc1nc(OCC23CCCN2CCC3)nc2c(F)c(-c3cccc4c3C3CC3C4)ccc12. The molecule has 2 unspecified atom stereocenters. The van der Waals surface area contributed by atoms with Gasteiger partial charge in [-0.05, 0) is 92.3 Å². The van der Waals surface area contributed by atoms with E-state index in [1.54, 1.807) is 0 Å². The molecule has 2 aliphatic carbocycles. The van der Waals surface area contributed by atoms with Crippen LogP contribution in [0, 0.1) is 11.7 Å². The maximum atomic E-state index is 16.4. The minimum absolute atomic E-state index is 0.0344. The Labute approximate surface area is 227 Å². The third-order valence-electron chi connectivity index (χ3n) is 9.23. The number of aromatic nitrogens is 2. The van der Waals surface area contributed by atoms with Gasteiger partial charge in [0.1, 0.15) is 17.9 Å². The summed E-state index contributed by atoms with van der Waals surface area (Å²) >= 11 is 0. The van der Waals surface area contributed by atoms with Gasteiger partial charge in [0.25, 0.3) is 0 Å². The van der Waals surface area contributed by atoms with Crippen LogP contribution >= 0.6 is 0 Å². The molecule has 0 bridgehead atoms. The van der Waals surface area contributed by atoms with Crippen molar-refractivity contribution >= 4 is 22.6 Å². The highest BCUT2D eigenvalue weighted by Gasteiger charge is 2.47. The largest absolute Gasteiger partial charge is 0.461 e. The summed E-state index contributed by atoms with van der Waals surface area (Å²) in [4.78, 5) is 23.4. The van der Waals surface area contributed by atoms with E-state index in [2.05, 4.69) is 38.1 Å². The molecule has 1 saturated carbocycles. The van der Waals surface area contributed by atoms with Crippen molar-refractivity contribution in [2.24, 2.45) is 5.92 Å². The fourth-order valence-electron chi connectivity index (χ4n) is 7.22. The summed E-state index contributed by atoms with van der Waals surface area (Å²) in [5, 5.41) is 6.61. The molecule has 2 N–H and O–H groups in total. The van der Waals surface area contributed by atoms with Crippen LogP contribution in [0.25, 0.3) is 22.0 Å². The molecule has 2 aliphatic heterocycles. The van der Waals surface area contributed by atoms with Gasteiger partial charge in [-0.2, -0.15) is 9.97 Å². The molecule has 202 valence electrons. The van der Waals surface area contributed by atoms with E-state index >= 15 is 4.39 Å². The average molecular weight is 528 g/mol. The molecule has 1 amide bonds. The molecule has 8 heteroatoms. The van der Waals surface area contributed by atoms with Gasteiger partial charge < -0.3 is 15.4 Å². The second-order valence-corrected chi connectivity index (χ2v) is 11.5. The van der Waals surface area contributed by atoms with Crippen LogP contribution in [-0.2, 0) is 11.2 Å². The van der Waals surface area contributed by atoms with Crippen LogP contribution in [0.15, 0.2) is 43.0 Å². The molecule has 3 fully saturated rings. The Kier molecular flexibility index (Phi) is 6.03. The Balaban J connectivity index is 1.24. The van der Waals surface area contributed by atoms with Crippen molar-refractivity contribution in [1.29, 1.82) is 0 Å². The van der Waals surface area contributed by atoms with E-state index in [4.69, 9.17) is 4.74 Å². The molecule has 39 heavy (non-hydrogen) atoms. The summed E-state index contributed by atoms with van der Waals surface area (Å²) in [7, 11) is 0. The van der Waals surface area contributed by atoms with Crippen LogP contribution < -0.4 is 15.4 Å². The predicted molar refractivity (Wildman–Crippen MR) is 149 cm³/mol. The topological polar surface area (TPSA) is 79.4 Å². The molecular formula is C31H34FN5O2. The van der Waals surface area contributed by atoms with Crippen molar-refractivity contribution < 1.29 is 13.9 Å². The number of carbonyl (C=O) groups excluding carboxylic acids is 1. The number of fused-ring (bicyclic) bond motifs is 5. The van der Waals surface area contributed by atoms with Crippen molar-refractivity contribution in [3.63, 3.8) is 0 Å². The van der Waals surface area contributed by atoms with Crippen molar-refractivity contribution in [1.82, 2.24) is 20.2 Å². The highest BCUT2D eigenvalue weighted by molar-refractivity contribution is 5.94. The molecule has 3 heterocycles. The second kappa shape index (κ2) is 9.59. The fourth-order valence-corrected chi connectivity index (χ4v) is 7.22. The highest BCUT2D eigenvalue weighted by atomic mass is 19.1. The normalized spacial score (nSPS) is 22.3. The number of ether oxygens (including phenoxy) is 1. The summed E-state index contributed by atoms with van der Waals surface area (Å²) in [5.74, 6) is 1.19. The Morgan fingerprint density at radius 3 is 2.82 bits per heavy atom. The number of nitrogens with zero attached hydrogens (tertiary/aromatic N) is 3. The first-order valence-corrected chi connectivity index (χ1v) is 14.2. The average Bonchev–Trinajstić information content (AvgIpc) is 3.24. The van der Waals surface area contributed by atoms with E-state index in [0.29, 0.717) is 42.4 Å². The van der Waals surface area contributed by atoms with E-state index < -0.39 is 0 Å². The lowest BCUT2D eigenvalue weighted by molar-refractivity contribution is -0.116. The number of halogens is 1. The van der Waals surface area contributed by atoms with E-state index in [1.807, 2.05) is 24.3 Å². The summed E-state index contributed by atoms with van der Waals surface area (Å²) in [6, 6.07) is 10.2. The van der Waals surface area contributed by atoms with Gasteiger partial charge in [-0.3, -0.25) is 9.69 Å². The zero-order valence-corrected chi connectivity index (χ0v) is 22.1. The maximum absolute atomic E-state index is 16.4. The fraction of sp³-hybridized carbons (Fsp3) is 0.452. The number of hydrogen-bond donors (Lipinski definition) is 2. The smallest absolute Gasteiger partial charge is 0.319 e. The Bertz CT molecular complexity index is 1460. The van der Waals surface area contributed by atoms with Crippen LogP contribution in [0.5, 0.6) is 6.01 Å². The third-order valence-corrected chi connectivity index (χ3v) is 9.23. The monoisotopic (exact) mass is 527 g/mol. The molecule has 0 spiro atoms. The van der Waals surface area contributed by atoms with Crippen molar-refractivity contribution in [2.45, 2.75) is 50.0 Å². The van der Waals surface area contributed by atoms with E-state index in [-0.39, 0.29) is 28.8 Å². The molecule has 3 aromatic rings. The molecule has 7 rings (SSSR count). The molecule has 1 aromatic heterocycles. The second-order valence-electron chi connectivity index (χ2n) is 11.5. The minimum Gasteiger partial charge on any atom is -0.461 e. The molecule has 2 aromatic carbocycles. The lowest BCUT2D eigenvalue weighted by Gasteiger charge is -2.31. The number of hydrogen-bond acceptors (Lipinski definition) is 6. The summed E-state index contributed by atoms with van der Waals surface area (Å²) in [6.45, 7) is 6.99. The minimum atomic E-state index is -0.346. The van der Waals surface area contributed by atoms with Crippen molar-refractivity contribution in [2.75, 3.05) is 38.1 Å². The summed E-state index contributed by atoms with van der Waals surface area (Å²) < 4.78 is 22.6. The molecule has 7 nitrogen and oxygen atoms in total. The lowest BCUT2D eigenvalue weighted by atomic mass is 9.93. The molecule has 0 radical (unpaired) electrons. The number of rotatable bonds is 9. The van der Waals surface area contributed by atoms with Crippen LogP contribution in [0.2, 0.25) is 0 Å². The maximum Gasteiger partial charge on any atom is 0.319 e. The summed E-state index contributed by atoms with van der Waals surface area (Å²) in [6.07, 6.45) is 8.09. The van der Waals surface area contributed by atoms with Crippen LogP contribution in [-0.4, -0.2) is 59.1 Å². The number of benzene rings is 2. The van der Waals surface area contributed by atoms with Gasteiger partial charge in [-0.1, -0.05) is 30.8 Å². The van der Waals surface area contributed by atoms with Crippen LogP contribution in [0.4, 0.5) is 10.2 Å². The number of nitrogens with one attached hydrogen (secondary N) is 2. The van der Waals surface area contributed by atoms with Gasteiger partial charge >= 0.3 is 6.01 Å². The number of carbonyl (C=O) groups is 1. The molecule has 2 saturated heterocycles. The first-order valence-electron chi connectivity index (χ1n) is 14.2. The lowest BCUT2D eigenvalue weighted by Crippen LogP contribution is -2.43. The third kappa shape index (κ3) is 4.25. The first-order chi connectivity index (χ1) is 19.1. The van der Waals surface area contributed by atoms with E-state index in [9.17, 15) is 4.79 Å². The van der Waals surface area contributed by atoms with Gasteiger partial charge in [0.2, 0.25) is 5.91 Å². The highest BCUT2D eigenvalue weighted by Crippen LogP contribution is 2.58. The standard InChI is InChI=1S/C31H34FN5O2/c1-2-25(38)33-12-13-34-29-23-9-8-22(21-7-3-6-19-16-20-17-24(20)26(19)21)27(32)28(23)35-30(36-29)39-18-31-10-4-14-37(31)15-5-11-31/h2-3,6-9,20,24H,1,4-5,10-18H2,(H,33,38)(H,34,35,36). The Hall–Kier alpha value is -3.52. The van der Waals surface area contributed by atoms with Gasteiger partial charge in [-0.25, -0.2) is 4.39 Å². The van der Waals surface area contributed by atoms with E-state index in [0.717, 1.165) is 43.8 Å². The van der Waals surface area contributed by atoms with Gasteiger partial charge in [0, 0.05) is 24.0 Å². The van der Waals surface area contributed by atoms with Gasteiger partial charge in [-0.15, -0.1) is 0 Å². The van der Waals surface area contributed by atoms with Crippen molar-refractivity contribution in [3.8, 4) is 17.1 Å². The zero-order valence-electron chi connectivity index (χ0n) is 22.1. The Morgan fingerprint density at radius 2 is 2.00 bits per heavy atom. The quantitative estimate of drug-likeness (QED) is 0.307. The Morgan fingerprint density at radius 1 is 1.15 bits per heavy atom. The van der Waals surface area contributed by atoms with E-state index in [1.165, 1.54) is 36.5 Å². The van der Waals surface area contributed by atoms with Crippen LogP contribution in [0.3, 0.4) is 0 Å². The zero-order chi connectivity index (χ0) is 26.6. The number of amides is 1. The number of anilines is 1.